The largest absolute Gasteiger partial charge is 0.445 e. The third-order valence-electron chi connectivity index (χ3n) is 1.27. The first kappa shape index (κ1) is 15.3. The first-order chi connectivity index (χ1) is 6.81. The predicted molar refractivity (Wildman–Crippen MR) is 31.9 cm³/mol. The summed E-state index contributed by atoms with van der Waals surface area (Å²) in [6, 6.07) is 0. The van der Waals surface area contributed by atoms with E-state index in [2.05, 4.69) is 4.74 Å². The number of hydrogen-bond donors (Lipinski definition) is 0. The minimum absolute atomic E-state index is 2.31. The van der Waals surface area contributed by atoms with E-state index < -0.39 is 34.4 Å². The molecule has 0 amide bonds. The molecule has 0 aromatic rings. The van der Waals surface area contributed by atoms with Crippen LogP contribution in [0.2, 0.25) is 0 Å². The van der Waals surface area contributed by atoms with Gasteiger partial charge in [-0.3, -0.25) is 4.74 Å². The van der Waals surface area contributed by atoms with Crippen LogP contribution in [-0.4, -0.2) is 32.6 Å². The lowest BCUT2D eigenvalue weighted by atomic mass is 10.3. The van der Waals surface area contributed by atoms with Crippen molar-refractivity contribution in [3.05, 3.63) is 0 Å². The molecule has 0 bridgehead atoms. The fourth-order valence-corrected chi connectivity index (χ4v) is 0.907. The quantitative estimate of drug-likeness (QED) is 0.572. The molecule has 0 atom stereocenters. The van der Waals surface area contributed by atoms with E-state index in [1.165, 1.54) is 0 Å². The molecular weight excluding hydrogens is 280 g/mol. The van der Waals surface area contributed by atoms with E-state index in [-0.39, 0.29) is 0 Å². The average molecular weight is 282 g/mol. The normalized spacial score (nSPS) is 15.2. The minimum Gasteiger partial charge on any atom is -0.283 e. The lowest BCUT2D eigenvalue weighted by Gasteiger charge is -2.28. The highest BCUT2D eigenvalue weighted by molar-refractivity contribution is 7.87. The fourth-order valence-electron chi connectivity index (χ4n) is 0.482. The van der Waals surface area contributed by atoms with Crippen LogP contribution in [0.5, 0.6) is 0 Å². The zero-order valence-corrected chi connectivity index (χ0v) is 7.68. The van der Waals surface area contributed by atoms with Gasteiger partial charge in [-0.05, 0) is 0 Å². The molecule has 0 heterocycles. The molecule has 0 aromatic heterocycles. The van der Waals surface area contributed by atoms with E-state index in [0.29, 0.717) is 0 Å². The molecule has 0 aliphatic heterocycles. The molecule has 12 heteroatoms. The third kappa shape index (κ3) is 2.21. The van der Waals surface area contributed by atoms with Gasteiger partial charge in [-0.2, -0.15) is 34.8 Å². The Morgan fingerprint density at radius 3 is 1.62 bits per heavy atom. The molecule has 0 fully saturated rings. The topological polar surface area (TPSA) is 43.4 Å². The van der Waals surface area contributed by atoms with Crippen molar-refractivity contribution in [2.45, 2.75) is 17.3 Å². The minimum atomic E-state index is -7.33. The van der Waals surface area contributed by atoms with E-state index in [9.17, 15) is 43.0 Å². The summed E-state index contributed by atoms with van der Waals surface area (Å²) in [4.78, 5) is 0. The van der Waals surface area contributed by atoms with Gasteiger partial charge in [-0.15, -0.1) is 0 Å². The third-order valence-corrected chi connectivity index (χ3v) is 2.14. The van der Waals surface area contributed by atoms with Crippen LogP contribution in [0, 0.1) is 0 Å². The maximum Gasteiger partial charge on any atom is 0.445 e. The Morgan fingerprint density at radius 2 is 1.38 bits per heavy atom. The smallest absolute Gasteiger partial charge is 0.283 e. The molecule has 0 spiro atoms. The molecule has 0 radical (unpaired) electrons. The molecule has 16 heavy (non-hydrogen) atoms. The summed E-state index contributed by atoms with van der Waals surface area (Å²) < 4.78 is 117. The molecule has 0 saturated heterocycles. The van der Waals surface area contributed by atoms with E-state index >= 15 is 0 Å². The van der Waals surface area contributed by atoms with Crippen molar-refractivity contribution in [1.82, 2.24) is 0 Å². The van der Waals surface area contributed by atoms with E-state index in [1.54, 1.807) is 0 Å². The highest BCUT2D eigenvalue weighted by Gasteiger charge is 2.79. The second-order valence-electron chi connectivity index (χ2n) is 2.30. The number of ether oxygens (including phenoxy) is 1. The molecule has 3 nitrogen and oxygen atoms in total. The summed E-state index contributed by atoms with van der Waals surface area (Å²) in [6.45, 7) is -2.61. The number of halogens is 8. The highest BCUT2D eigenvalue weighted by atomic mass is 32.3. The van der Waals surface area contributed by atoms with Crippen molar-refractivity contribution in [1.29, 1.82) is 0 Å². The number of hydrogen-bond acceptors (Lipinski definition) is 3. The van der Waals surface area contributed by atoms with Crippen LogP contribution >= 0.6 is 0 Å². The van der Waals surface area contributed by atoms with Gasteiger partial charge in [-0.1, -0.05) is 3.89 Å². The van der Waals surface area contributed by atoms with Crippen LogP contribution < -0.4 is 0 Å². The molecule has 98 valence electrons. The molecule has 0 N–H and O–H groups in total. The molecule has 0 aliphatic carbocycles. The van der Waals surface area contributed by atoms with E-state index in [4.69, 9.17) is 0 Å². The Labute approximate surface area is 83.2 Å². The van der Waals surface area contributed by atoms with Gasteiger partial charge >= 0.3 is 27.5 Å². The standard InChI is InChI=1S/C4H2F8O3S/c5-1-15-3(8,9)2(6,7)4(10,11)16(12,13)14/h1H2. The zero-order valence-electron chi connectivity index (χ0n) is 6.86. The summed E-state index contributed by atoms with van der Waals surface area (Å²) in [6.07, 6.45) is -6.19. The van der Waals surface area contributed by atoms with Crippen LogP contribution in [0.3, 0.4) is 0 Å². The monoisotopic (exact) mass is 282 g/mol. The number of alkyl halides is 7. The highest BCUT2D eigenvalue weighted by Crippen LogP contribution is 2.49. The van der Waals surface area contributed by atoms with Crippen molar-refractivity contribution >= 4 is 10.2 Å². The van der Waals surface area contributed by atoms with Gasteiger partial charge in [0.15, 0.2) is 6.86 Å². The molecule has 0 aromatic carbocycles. The second kappa shape index (κ2) is 3.98. The Kier molecular flexibility index (Phi) is 3.82. The Morgan fingerprint density at radius 1 is 1.00 bits per heavy atom. The van der Waals surface area contributed by atoms with Crippen LogP contribution in [0.15, 0.2) is 0 Å². The van der Waals surface area contributed by atoms with E-state index in [0.717, 1.165) is 0 Å². The molecule has 0 saturated carbocycles. The average Bonchev–Trinajstić information content (AvgIpc) is 2.01. The van der Waals surface area contributed by atoms with Gasteiger partial charge in [0.2, 0.25) is 0 Å². The summed E-state index contributed by atoms with van der Waals surface area (Å²) in [5.41, 5.74) is 0. The van der Waals surface area contributed by atoms with Crippen LogP contribution in [0.4, 0.5) is 34.6 Å². The van der Waals surface area contributed by atoms with Gasteiger partial charge in [0, 0.05) is 0 Å². The summed E-state index contributed by atoms with van der Waals surface area (Å²) in [7, 11) is -7.33. The van der Waals surface area contributed by atoms with E-state index in [1.807, 2.05) is 0 Å². The van der Waals surface area contributed by atoms with Crippen molar-refractivity contribution in [3.8, 4) is 0 Å². The summed E-state index contributed by atoms with van der Waals surface area (Å²) >= 11 is 0. The van der Waals surface area contributed by atoms with Gasteiger partial charge in [-0.25, -0.2) is 4.39 Å². The fraction of sp³-hybridized carbons (Fsp3) is 1.00. The molecule has 0 aliphatic rings. The summed E-state index contributed by atoms with van der Waals surface area (Å²) in [5.74, 6) is -6.76. The first-order valence-electron chi connectivity index (χ1n) is 3.09. The molecular formula is C4H2F8O3S. The number of rotatable bonds is 5. The Bertz CT molecular complexity index is 348. The van der Waals surface area contributed by atoms with Crippen LogP contribution in [-0.2, 0) is 15.0 Å². The lowest BCUT2D eigenvalue weighted by Crippen LogP contribution is -2.57. The Hall–Kier alpha value is -0.650. The second-order valence-corrected chi connectivity index (χ2v) is 3.69. The maximum absolute atomic E-state index is 12.3. The van der Waals surface area contributed by atoms with Gasteiger partial charge in [0.05, 0.1) is 0 Å². The molecule has 0 unspecified atom stereocenters. The van der Waals surface area contributed by atoms with Crippen molar-refractivity contribution in [2.75, 3.05) is 6.86 Å². The van der Waals surface area contributed by atoms with Crippen molar-refractivity contribution in [2.24, 2.45) is 0 Å². The lowest BCUT2D eigenvalue weighted by molar-refractivity contribution is -0.389. The summed E-state index contributed by atoms with van der Waals surface area (Å²) in [5, 5.41) is -6.75. The molecule has 0 rings (SSSR count). The van der Waals surface area contributed by atoms with Gasteiger partial charge in [0.1, 0.15) is 0 Å². The SMILES string of the molecule is O=S(=O)(F)C(F)(F)C(F)(F)C(F)(F)OCF. The van der Waals surface area contributed by atoms with Crippen molar-refractivity contribution in [3.63, 3.8) is 0 Å². The maximum atomic E-state index is 12.3. The first-order valence-corrected chi connectivity index (χ1v) is 4.47. The Balaban J connectivity index is 5.52. The van der Waals surface area contributed by atoms with Gasteiger partial charge in [0.25, 0.3) is 0 Å². The predicted octanol–water partition coefficient (Wildman–Crippen LogP) is 2.05. The van der Waals surface area contributed by atoms with Crippen LogP contribution in [0.1, 0.15) is 0 Å². The van der Waals surface area contributed by atoms with Gasteiger partial charge < -0.3 is 0 Å². The van der Waals surface area contributed by atoms with Crippen LogP contribution in [0.25, 0.3) is 0 Å². The van der Waals surface area contributed by atoms with Crippen molar-refractivity contribution < 1.29 is 47.8 Å². The zero-order chi connectivity index (χ0) is 13.4.